The summed E-state index contributed by atoms with van der Waals surface area (Å²) in [4.78, 5) is 1.63. The molecule has 0 saturated carbocycles. The monoisotopic (exact) mass is 226 g/mol. The topological polar surface area (TPSA) is 36.3 Å². The lowest BCUT2D eigenvalue weighted by molar-refractivity contribution is -0.0113. The first-order valence-electron chi connectivity index (χ1n) is 4.71. The van der Waals surface area contributed by atoms with E-state index in [1.165, 1.54) is 18.1 Å². The first kappa shape index (κ1) is 10.7. The van der Waals surface area contributed by atoms with Crippen molar-refractivity contribution in [2.45, 2.75) is 5.79 Å². The number of allylic oxidation sites excluding steroid dienone is 2. The molecule has 15 heavy (non-hydrogen) atoms. The Morgan fingerprint density at radius 3 is 3.13 bits per heavy atom. The lowest BCUT2D eigenvalue weighted by Crippen LogP contribution is -2.51. The molecule has 2 aliphatic rings. The van der Waals surface area contributed by atoms with Gasteiger partial charge in [0, 0.05) is 18.6 Å². The van der Waals surface area contributed by atoms with E-state index in [9.17, 15) is 4.39 Å². The molecule has 2 unspecified atom stereocenters. The Kier molecular flexibility index (Phi) is 3.10. The first-order chi connectivity index (χ1) is 7.27. The highest BCUT2D eigenvalue weighted by molar-refractivity contribution is 7.94. The third kappa shape index (κ3) is 1.93. The predicted molar refractivity (Wildman–Crippen MR) is 56.3 cm³/mol. The van der Waals surface area contributed by atoms with Crippen LogP contribution in [0.3, 0.4) is 0 Å². The fraction of sp³-hybridized carbons (Fsp3) is 0.500. The van der Waals surface area contributed by atoms with Crippen LogP contribution in [-0.4, -0.2) is 29.7 Å². The standard InChI is InChI=1S/C10H11FN2OS/c11-10(13-5-6-14-15-8-13)4-2-1-3-9(10)7-12/h1-4,9H,5-6,8H2. The molecule has 1 aliphatic heterocycles. The highest BCUT2D eigenvalue weighted by atomic mass is 32.2. The average molecular weight is 226 g/mol. The second-order valence-corrected chi connectivity index (χ2v) is 4.14. The average Bonchev–Trinajstić information content (AvgIpc) is 2.31. The van der Waals surface area contributed by atoms with Gasteiger partial charge in [0.05, 0.1) is 18.6 Å². The molecule has 1 fully saturated rings. The van der Waals surface area contributed by atoms with Crippen LogP contribution in [0.5, 0.6) is 0 Å². The molecule has 3 nitrogen and oxygen atoms in total. The van der Waals surface area contributed by atoms with Crippen LogP contribution in [0.4, 0.5) is 4.39 Å². The second-order valence-electron chi connectivity index (χ2n) is 3.41. The summed E-state index contributed by atoms with van der Waals surface area (Å²) in [5.74, 6) is -1.96. The molecule has 1 aliphatic carbocycles. The maximum absolute atomic E-state index is 14.6. The van der Waals surface area contributed by atoms with E-state index in [4.69, 9.17) is 9.44 Å². The zero-order valence-corrected chi connectivity index (χ0v) is 8.91. The van der Waals surface area contributed by atoms with Gasteiger partial charge in [-0.05, 0) is 6.08 Å². The fourth-order valence-electron chi connectivity index (χ4n) is 1.68. The lowest BCUT2D eigenvalue weighted by atomic mass is 9.92. The quantitative estimate of drug-likeness (QED) is 0.505. The van der Waals surface area contributed by atoms with Crippen molar-refractivity contribution in [3.05, 3.63) is 24.3 Å². The molecule has 0 bridgehead atoms. The van der Waals surface area contributed by atoms with Gasteiger partial charge in [-0.3, -0.25) is 4.90 Å². The summed E-state index contributed by atoms with van der Waals surface area (Å²) < 4.78 is 19.7. The minimum absolute atomic E-state index is 0.451. The molecular formula is C10H11FN2OS. The van der Waals surface area contributed by atoms with Crippen molar-refractivity contribution >= 4 is 12.0 Å². The van der Waals surface area contributed by atoms with E-state index in [-0.39, 0.29) is 0 Å². The molecule has 0 N–H and O–H groups in total. The number of nitrogens with zero attached hydrogens (tertiary/aromatic N) is 2. The number of nitriles is 1. The number of alkyl halides is 1. The molecule has 80 valence electrons. The zero-order valence-electron chi connectivity index (χ0n) is 8.10. The molecule has 0 aromatic carbocycles. The highest BCUT2D eigenvalue weighted by Crippen LogP contribution is 2.34. The SMILES string of the molecule is N#CC1C=CC=CC1(F)N1CCOSC1. The van der Waals surface area contributed by atoms with Crippen LogP contribution in [0.25, 0.3) is 0 Å². The molecule has 0 aromatic heterocycles. The summed E-state index contributed by atoms with van der Waals surface area (Å²) in [6.45, 7) is 1.01. The Morgan fingerprint density at radius 1 is 1.60 bits per heavy atom. The summed E-state index contributed by atoms with van der Waals surface area (Å²) in [6, 6.07) is 1.99. The molecule has 2 rings (SSSR count). The normalized spacial score (nSPS) is 36.4. The third-order valence-electron chi connectivity index (χ3n) is 2.54. The summed E-state index contributed by atoms with van der Waals surface area (Å²) in [5, 5.41) is 8.92. The zero-order chi connectivity index (χ0) is 10.7. The van der Waals surface area contributed by atoms with Crippen LogP contribution < -0.4 is 0 Å². The van der Waals surface area contributed by atoms with Crippen molar-refractivity contribution < 1.29 is 8.57 Å². The molecule has 1 heterocycles. The molecule has 2 atom stereocenters. The van der Waals surface area contributed by atoms with E-state index >= 15 is 0 Å². The minimum Gasteiger partial charge on any atom is -0.313 e. The third-order valence-corrected chi connectivity index (χ3v) is 3.29. The van der Waals surface area contributed by atoms with Crippen LogP contribution in [0.2, 0.25) is 0 Å². The summed E-state index contributed by atoms with van der Waals surface area (Å²) >= 11 is 1.23. The van der Waals surface area contributed by atoms with Crippen molar-refractivity contribution in [3.63, 3.8) is 0 Å². The molecule has 0 aromatic rings. The van der Waals surface area contributed by atoms with Crippen LogP contribution in [0, 0.1) is 17.2 Å². The summed E-state index contributed by atoms with van der Waals surface area (Å²) in [7, 11) is 0. The molecule has 0 spiro atoms. The number of halogens is 1. The first-order valence-corrected chi connectivity index (χ1v) is 5.62. The van der Waals surface area contributed by atoms with Gasteiger partial charge in [-0.1, -0.05) is 18.2 Å². The smallest absolute Gasteiger partial charge is 0.203 e. The van der Waals surface area contributed by atoms with E-state index in [0.717, 1.165) is 0 Å². The van der Waals surface area contributed by atoms with Crippen molar-refractivity contribution in [2.75, 3.05) is 19.0 Å². The summed E-state index contributed by atoms with van der Waals surface area (Å²) in [6.07, 6.45) is 6.40. The number of hydrogen-bond acceptors (Lipinski definition) is 4. The van der Waals surface area contributed by atoms with Gasteiger partial charge in [0.1, 0.15) is 5.92 Å². The van der Waals surface area contributed by atoms with E-state index in [0.29, 0.717) is 19.0 Å². The van der Waals surface area contributed by atoms with Gasteiger partial charge in [0.2, 0.25) is 5.79 Å². The predicted octanol–water partition coefficient (Wildman–Crippen LogP) is 1.86. The Morgan fingerprint density at radius 2 is 2.47 bits per heavy atom. The van der Waals surface area contributed by atoms with Crippen molar-refractivity contribution in [2.24, 2.45) is 5.92 Å². The molecule has 5 heteroatoms. The number of hydrogen-bond donors (Lipinski definition) is 0. The van der Waals surface area contributed by atoms with E-state index in [2.05, 4.69) is 0 Å². The Hall–Kier alpha value is -0.830. The van der Waals surface area contributed by atoms with Gasteiger partial charge >= 0.3 is 0 Å². The largest absolute Gasteiger partial charge is 0.313 e. The van der Waals surface area contributed by atoms with Gasteiger partial charge in [-0.2, -0.15) is 5.26 Å². The van der Waals surface area contributed by atoms with Gasteiger partial charge in [0.25, 0.3) is 0 Å². The Bertz CT molecular complexity index is 333. The minimum atomic E-state index is -1.68. The van der Waals surface area contributed by atoms with E-state index in [1.54, 1.807) is 23.1 Å². The Labute approximate surface area is 92.4 Å². The van der Waals surface area contributed by atoms with Crippen molar-refractivity contribution in [1.29, 1.82) is 5.26 Å². The van der Waals surface area contributed by atoms with Crippen molar-refractivity contribution in [1.82, 2.24) is 4.90 Å². The highest BCUT2D eigenvalue weighted by Gasteiger charge is 2.43. The van der Waals surface area contributed by atoms with Crippen molar-refractivity contribution in [3.8, 4) is 6.07 Å². The number of rotatable bonds is 1. The molecule has 0 radical (unpaired) electrons. The van der Waals surface area contributed by atoms with Gasteiger partial charge in [0.15, 0.2) is 0 Å². The lowest BCUT2D eigenvalue weighted by Gasteiger charge is -2.39. The van der Waals surface area contributed by atoms with Crippen LogP contribution >= 0.6 is 12.0 Å². The van der Waals surface area contributed by atoms with Gasteiger partial charge in [-0.25, -0.2) is 4.39 Å². The maximum Gasteiger partial charge on any atom is 0.203 e. The Balaban J connectivity index is 2.19. The second kappa shape index (κ2) is 4.35. The van der Waals surface area contributed by atoms with E-state index < -0.39 is 11.7 Å². The molecular weight excluding hydrogens is 215 g/mol. The maximum atomic E-state index is 14.6. The molecule has 1 saturated heterocycles. The van der Waals surface area contributed by atoms with Gasteiger partial charge < -0.3 is 4.18 Å². The van der Waals surface area contributed by atoms with Gasteiger partial charge in [-0.15, -0.1) is 0 Å². The van der Waals surface area contributed by atoms with E-state index in [1.807, 2.05) is 6.07 Å². The van der Waals surface area contributed by atoms with Crippen LogP contribution in [-0.2, 0) is 4.18 Å². The summed E-state index contributed by atoms with van der Waals surface area (Å²) in [5.41, 5.74) is 0. The van der Waals surface area contributed by atoms with Crippen LogP contribution in [0.15, 0.2) is 24.3 Å². The van der Waals surface area contributed by atoms with Crippen LogP contribution in [0.1, 0.15) is 0 Å². The molecule has 0 amide bonds. The fourth-order valence-corrected chi connectivity index (χ4v) is 2.40.